The van der Waals surface area contributed by atoms with Gasteiger partial charge in [-0.3, -0.25) is 4.68 Å². The van der Waals surface area contributed by atoms with Crippen molar-refractivity contribution in [2.24, 2.45) is 0 Å². The number of nitrogens with one attached hydrogen (secondary N) is 1. The third-order valence-corrected chi connectivity index (χ3v) is 3.39. The van der Waals surface area contributed by atoms with Crippen LogP contribution in [0.25, 0.3) is 0 Å². The zero-order valence-corrected chi connectivity index (χ0v) is 13.5. The van der Waals surface area contributed by atoms with Crippen LogP contribution in [0.15, 0.2) is 12.2 Å². The van der Waals surface area contributed by atoms with Gasteiger partial charge >= 0.3 is 0 Å². The van der Waals surface area contributed by atoms with E-state index in [1.54, 1.807) is 0 Å². The van der Waals surface area contributed by atoms with Gasteiger partial charge in [0.25, 0.3) is 0 Å². The Labute approximate surface area is 122 Å². The van der Waals surface area contributed by atoms with E-state index in [4.69, 9.17) is 11.6 Å². The number of nitrogens with zero attached hydrogens (tertiary/aromatic N) is 2. The van der Waals surface area contributed by atoms with Gasteiger partial charge in [0.15, 0.2) is 0 Å². The van der Waals surface area contributed by atoms with Gasteiger partial charge in [-0.1, -0.05) is 23.8 Å². The lowest BCUT2D eigenvalue weighted by atomic mass is 10.1. The van der Waals surface area contributed by atoms with Gasteiger partial charge in [-0.25, -0.2) is 0 Å². The normalized spacial score (nSPS) is 12.5. The maximum atomic E-state index is 6.26. The molecule has 0 radical (unpaired) electrons. The van der Waals surface area contributed by atoms with Crippen LogP contribution in [0, 0.1) is 6.92 Å². The van der Waals surface area contributed by atoms with E-state index >= 15 is 0 Å². The van der Waals surface area contributed by atoms with E-state index < -0.39 is 0 Å². The zero-order chi connectivity index (χ0) is 14.5. The maximum absolute atomic E-state index is 6.26. The first-order chi connectivity index (χ1) is 8.85. The summed E-state index contributed by atoms with van der Waals surface area (Å²) in [7, 11) is 0. The van der Waals surface area contributed by atoms with Crippen molar-refractivity contribution in [3.05, 3.63) is 28.6 Å². The molecule has 0 atom stereocenters. The Kier molecular flexibility index (Phi) is 6.08. The lowest BCUT2D eigenvalue weighted by Crippen LogP contribution is -2.36. The van der Waals surface area contributed by atoms with Crippen LogP contribution in [0.4, 0.5) is 0 Å². The SMILES string of the molecule is CCn1nc(C)c(Cl)c1CC=CCCNC(C)(C)C. The van der Waals surface area contributed by atoms with Crippen LogP contribution < -0.4 is 5.32 Å². The molecule has 0 fully saturated rings. The van der Waals surface area contributed by atoms with Crippen molar-refractivity contribution in [2.75, 3.05) is 6.54 Å². The highest BCUT2D eigenvalue weighted by Crippen LogP contribution is 2.20. The Balaban J connectivity index is 2.44. The summed E-state index contributed by atoms with van der Waals surface area (Å²) in [6.45, 7) is 12.4. The van der Waals surface area contributed by atoms with E-state index in [0.717, 1.165) is 42.3 Å². The summed E-state index contributed by atoms with van der Waals surface area (Å²) in [6.07, 6.45) is 6.27. The molecule has 0 saturated heterocycles. The van der Waals surface area contributed by atoms with Crippen LogP contribution in [0.3, 0.4) is 0 Å². The summed E-state index contributed by atoms with van der Waals surface area (Å²) >= 11 is 6.26. The molecule has 1 aromatic rings. The van der Waals surface area contributed by atoms with Crippen molar-refractivity contribution < 1.29 is 0 Å². The van der Waals surface area contributed by atoms with Gasteiger partial charge in [0.1, 0.15) is 0 Å². The van der Waals surface area contributed by atoms with Gasteiger partial charge in [-0.15, -0.1) is 0 Å². The minimum Gasteiger partial charge on any atom is -0.312 e. The van der Waals surface area contributed by atoms with Gasteiger partial charge in [-0.05, 0) is 47.6 Å². The van der Waals surface area contributed by atoms with Crippen molar-refractivity contribution in [1.82, 2.24) is 15.1 Å². The Morgan fingerprint density at radius 3 is 2.58 bits per heavy atom. The van der Waals surface area contributed by atoms with E-state index in [1.807, 2.05) is 11.6 Å². The van der Waals surface area contributed by atoms with E-state index in [2.05, 4.69) is 50.3 Å². The van der Waals surface area contributed by atoms with Crippen molar-refractivity contribution >= 4 is 11.6 Å². The molecule has 3 nitrogen and oxygen atoms in total. The van der Waals surface area contributed by atoms with E-state index in [0.29, 0.717) is 0 Å². The average molecular weight is 284 g/mol. The molecule has 1 N–H and O–H groups in total. The zero-order valence-electron chi connectivity index (χ0n) is 12.8. The van der Waals surface area contributed by atoms with Crippen LogP contribution in [0.1, 0.15) is 45.5 Å². The van der Waals surface area contributed by atoms with Gasteiger partial charge in [0, 0.05) is 18.5 Å². The summed E-state index contributed by atoms with van der Waals surface area (Å²) in [5.74, 6) is 0. The molecule has 0 spiro atoms. The highest BCUT2D eigenvalue weighted by molar-refractivity contribution is 6.31. The van der Waals surface area contributed by atoms with Crippen LogP contribution in [0.5, 0.6) is 0 Å². The highest BCUT2D eigenvalue weighted by atomic mass is 35.5. The fraction of sp³-hybridized carbons (Fsp3) is 0.667. The molecule has 0 aliphatic carbocycles. The smallest absolute Gasteiger partial charge is 0.0850 e. The third-order valence-electron chi connectivity index (χ3n) is 2.90. The lowest BCUT2D eigenvalue weighted by molar-refractivity contribution is 0.431. The number of hydrogen-bond donors (Lipinski definition) is 1. The highest BCUT2D eigenvalue weighted by Gasteiger charge is 2.10. The molecule has 0 aromatic carbocycles. The molecular formula is C15H26ClN3. The molecule has 1 heterocycles. The molecule has 0 aliphatic heterocycles. The summed E-state index contributed by atoms with van der Waals surface area (Å²) in [4.78, 5) is 0. The lowest BCUT2D eigenvalue weighted by Gasteiger charge is -2.19. The van der Waals surface area contributed by atoms with Gasteiger partial charge in [0.2, 0.25) is 0 Å². The number of allylic oxidation sites excluding steroid dienone is 1. The monoisotopic (exact) mass is 283 g/mol. The summed E-state index contributed by atoms with van der Waals surface area (Å²) in [5, 5.41) is 8.68. The second kappa shape index (κ2) is 7.11. The van der Waals surface area contributed by atoms with Gasteiger partial charge < -0.3 is 5.32 Å². The van der Waals surface area contributed by atoms with Crippen LogP contribution in [-0.4, -0.2) is 21.9 Å². The second-order valence-electron chi connectivity index (χ2n) is 5.80. The maximum Gasteiger partial charge on any atom is 0.0850 e. The predicted octanol–water partition coefficient (Wildman–Crippen LogP) is 3.74. The van der Waals surface area contributed by atoms with E-state index in [9.17, 15) is 0 Å². The Morgan fingerprint density at radius 1 is 1.32 bits per heavy atom. The largest absolute Gasteiger partial charge is 0.312 e. The van der Waals surface area contributed by atoms with Crippen LogP contribution >= 0.6 is 11.6 Å². The van der Waals surface area contributed by atoms with Crippen LogP contribution in [-0.2, 0) is 13.0 Å². The Hall–Kier alpha value is -0.800. The molecular weight excluding hydrogens is 258 g/mol. The molecule has 108 valence electrons. The third kappa shape index (κ3) is 5.37. The minimum absolute atomic E-state index is 0.190. The molecule has 19 heavy (non-hydrogen) atoms. The standard InChI is InChI=1S/C15H26ClN3/c1-6-19-13(14(16)12(2)18-19)10-8-7-9-11-17-15(3,4)5/h7-8,17H,6,9-11H2,1-5H3. The van der Waals surface area contributed by atoms with Crippen molar-refractivity contribution in [1.29, 1.82) is 0 Å². The first-order valence-corrected chi connectivity index (χ1v) is 7.34. The number of rotatable bonds is 6. The molecule has 1 aromatic heterocycles. The molecule has 1 rings (SSSR count). The fourth-order valence-electron chi connectivity index (χ4n) is 1.91. The van der Waals surface area contributed by atoms with Crippen molar-refractivity contribution in [3.8, 4) is 0 Å². The quantitative estimate of drug-likeness (QED) is 0.637. The summed E-state index contributed by atoms with van der Waals surface area (Å²) in [6, 6.07) is 0. The molecule has 0 aliphatic rings. The van der Waals surface area contributed by atoms with Gasteiger partial charge in [0.05, 0.1) is 16.4 Å². The molecule has 0 amide bonds. The number of hydrogen-bond acceptors (Lipinski definition) is 2. The Bertz CT molecular complexity index is 427. The predicted molar refractivity (Wildman–Crippen MR) is 82.9 cm³/mol. The first kappa shape index (κ1) is 16.3. The summed E-state index contributed by atoms with van der Waals surface area (Å²) < 4.78 is 1.98. The van der Waals surface area contributed by atoms with Gasteiger partial charge in [-0.2, -0.15) is 5.10 Å². The van der Waals surface area contributed by atoms with Crippen molar-refractivity contribution in [3.63, 3.8) is 0 Å². The number of aromatic nitrogens is 2. The summed E-state index contributed by atoms with van der Waals surface area (Å²) in [5.41, 5.74) is 2.22. The van der Waals surface area contributed by atoms with E-state index in [-0.39, 0.29) is 5.54 Å². The molecule has 0 unspecified atom stereocenters. The fourth-order valence-corrected chi connectivity index (χ4v) is 2.12. The topological polar surface area (TPSA) is 29.9 Å². The van der Waals surface area contributed by atoms with Crippen LogP contribution in [0.2, 0.25) is 5.02 Å². The number of aryl methyl sites for hydroxylation is 2. The Morgan fingerprint density at radius 2 is 2.00 bits per heavy atom. The molecule has 0 bridgehead atoms. The average Bonchev–Trinajstić information content (AvgIpc) is 2.59. The van der Waals surface area contributed by atoms with E-state index in [1.165, 1.54) is 0 Å². The number of halogens is 1. The first-order valence-electron chi connectivity index (χ1n) is 6.97. The minimum atomic E-state index is 0.190. The molecule has 0 saturated carbocycles. The molecule has 4 heteroatoms. The van der Waals surface area contributed by atoms with Crippen molar-refractivity contribution in [2.45, 2.75) is 59.5 Å². The second-order valence-corrected chi connectivity index (χ2v) is 6.18.